The molecule has 0 bridgehead atoms. The molecule has 44 heavy (non-hydrogen) atoms. The van der Waals surface area contributed by atoms with Gasteiger partial charge in [0.1, 0.15) is 11.8 Å². The van der Waals surface area contributed by atoms with Gasteiger partial charge < -0.3 is 15.0 Å². The first-order valence-corrected chi connectivity index (χ1v) is 17.4. The first-order chi connectivity index (χ1) is 21.2. The summed E-state index contributed by atoms with van der Waals surface area (Å²) in [6.45, 7) is 0.269. The van der Waals surface area contributed by atoms with Gasteiger partial charge in [0.25, 0.3) is 0 Å². The summed E-state index contributed by atoms with van der Waals surface area (Å²) in [5, 5.41) is 3.78. The van der Waals surface area contributed by atoms with Gasteiger partial charge in [0.15, 0.2) is 0 Å². The van der Waals surface area contributed by atoms with E-state index < -0.39 is 16.1 Å². The molecule has 1 saturated carbocycles. The molecule has 1 N–H and O–H groups in total. The molecule has 0 aliphatic heterocycles. The van der Waals surface area contributed by atoms with E-state index >= 15 is 0 Å². The second kappa shape index (κ2) is 16.0. The van der Waals surface area contributed by atoms with Crippen LogP contribution in [0.5, 0.6) is 5.75 Å². The number of hydrogen-bond acceptors (Lipinski definition) is 5. The number of amides is 2. The smallest absolute Gasteiger partial charge is 0.243 e. The number of anilines is 1. The molecule has 2 amide bonds. The summed E-state index contributed by atoms with van der Waals surface area (Å²) in [5.41, 5.74) is 2.16. The van der Waals surface area contributed by atoms with Crippen LogP contribution in [0, 0.1) is 0 Å². The number of nitrogens with one attached hydrogen (secondary N) is 1. The molecule has 8 nitrogen and oxygen atoms in total. The number of halogens is 1. The van der Waals surface area contributed by atoms with Crippen LogP contribution >= 0.6 is 11.6 Å². The Morgan fingerprint density at radius 3 is 2.32 bits per heavy atom. The third-order valence-corrected chi connectivity index (χ3v) is 9.39. The number of nitrogens with zero attached hydrogens (tertiary/aromatic N) is 2. The largest absolute Gasteiger partial charge is 0.495 e. The summed E-state index contributed by atoms with van der Waals surface area (Å²) in [5.74, 6) is 0.00948. The summed E-state index contributed by atoms with van der Waals surface area (Å²) >= 11 is 6.30. The number of sulfonamides is 1. The van der Waals surface area contributed by atoms with Crippen molar-refractivity contribution in [1.82, 2.24) is 10.2 Å². The summed E-state index contributed by atoms with van der Waals surface area (Å²) in [6.07, 6.45) is 6.94. The lowest BCUT2D eigenvalue weighted by Crippen LogP contribution is -2.52. The average Bonchev–Trinajstić information content (AvgIpc) is 3.01. The van der Waals surface area contributed by atoms with E-state index in [-0.39, 0.29) is 43.8 Å². The summed E-state index contributed by atoms with van der Waals surface area (Å²) in [7, 11) is -2.17. The van der Waals surface area contributed by atoms with Gasteiger partial charge in [0, 0.05) is 37.0 Å². The van der Waals surface area contributed by atoms with E-state index in [0.29, 0.717) is 22.9 Å². The maximum atomic E-state index is 14.1. The number of rotatable bonds is 14. The van der Waals surface area contributed by atoms with Crippen LogP contribution in [-0.2, 0) is 32.6 Å². The minimum Gasteiger partial charge on any atom is -0.495 e. The second-order valence-corrected chi connectivity index (χ2v) is 13.7. The molecule has 1 aliphatic rings. The molecule has 0 saturated heterocycles. The summed E-state index contributed by atoms with van der Waals surface area (Å²) in [4.78, 5) is 29.7. The molecule has 3 aromatic rings. The fourth-order valence-electron chi connectivity index (χ4n) is 5.75. The van der Waals surface area contributed by atoms with Crippen molar-refractivity contribution < 1.29 is 22.7 Å². The highest BCUT2D eigenvalue weighted by Crippen LogP contribution is 2.30. The lowest BCUT2D eigenvalue weighted by atomic mass is 9.94. The minimum atomic E-state index is -3.66. The molecular weight excluding hydrogens is 598 g/mol. The summed E-state index contributed by atoms with van der Waals surface area (Å²) in [6, 6.07) is 23.2. The Bertz CT molecular complexity index is 1500. The molecule has 236 valence electrons. The molecule has 0 unspecified atom stereocenters. The predicted molar refractivity (Wildman–Crippen MR) is 175 cm³/mol. The van der Waals surface area contributed by atoms with Crippen LogP contribution in [-0.4, -0.2) is 57.1 Å². The highest BCUT2D eigenvalue weighted by atomic mass is 35.5. The van der Waals surface area contributed by atoms with Gasteiger partial charge in [-0.2, -0.15) is 0 Å². The van der Waals surface area contributed by atoms with Gasteiger partial charge in [0.05, 0.1) is 19.1 Å². The SMILES string of the molecule is COc1ccccc1N(CCCC(=O)N(Cc1cccc(Cl)c1)[C@@H](Cc1ccccc1)C(=O)NC1CCCCC1)S(C)(=O)=O. The zero-order valence-electron chi connectivity index (χ0n) is 25.5. The fourth-order valence-corrected chi connectivity index (χ4v) is 6.93. The number of hydrogen-bond donors (Lipinski definition) is 1. The molecule has 1 aliphatic carbocycles. The van der Waals surface area contributed by atoms with Crippen molar-refractivity contribution in [3.05, 3.63) is 95.0 Å². The monoisotopic (exact) mass is 639 g/mol. The lowest BCUT2D eigenvalue weighted by molar-refractivity contribution is -0.141. The number of methoxy groups -OCH3 is 1. The highest BCUT2D eigenvalue weighted by Gasteiger charge is 2.32. The van der Waals surface area contributed by atoms with E-state index in [9.17, 15) is 18.0 Å². The number of ether oxygens (including phenoxy) is 1. The predicted octanol–water partition coefficient (Wildman–Crippen LogP) is 5.98. The Morgan fingerprint density at radius 2 is 1.64 bits per heavy atom. The van der Waals surface area contributed by atoms with Crippen molar-refractivity contribution in [2.24, 2.45) is 0 Å². The molecule has 3 aromatic carbocycles. The number of carbonyl (C=O) groups excluding carboxylic acids is 2. The Morgan fingerprint density at radius 1 is 0.955 bits per heavy atom. The van der Waals surface area contributed by atoms with E-state index in [0.717, 1.165) is 43.1 Å². The second-order valence-electron chi connectivity index (χ2n) is 11.3. The summed E-state index contributed by atoms with van der Waals surface area (Å²) < 4.78 is 32.2. The molecule has 1 fully saturated rings. The van der Waals surface area contributed by atoms with Crippen LogP contribution in [0.3, 0.4) is 0 Å². The lowest BCUT2D eigenvalue weighted by Gasteiger charge is -2.34. The Balaban J connectivity index is 1.60. The van der Waals surface area contributed by atoms with Gasteiger partial charge in [0.2, 0.25) is 21.8 Å². The maximum Gasteiger partial charge on any atom is 0.243 e. The Hall–Kier alpha value is -3.56. The number of carbonyl (C=O) groups is 2. The normalized spacial score (nSPS) is 14.4. The van der Waals surface area contributed by atoms with Gasteiger partial charge in [-0.1, -0.05) is 85.5 Å². The van der Waals surface area contributed by atoms with Crippen molar-refractivity contribution in [1.29, 1.82) is 0 Å². The Kier molecular flexibility index (Phi) is 12.1. The standard InChI is InChI=1S/C34H42ClN3O5S/c1-43-32-20-10-9-19-30(32)38(44(2,41)42)22-12-21-33(39)37(25-27-15-11-16-28(35)23-27)31(24-26-13-5-3-6-14-26)34(40)36-29-17-7-4-8-18-29/h3,5-6,9-11,13-16,19-20,23,29,31H,4,7-8,12,17-18,21-22,24-25H2,1-2H3,(H,36,40)/t31-/m0/s1. The van der Waals surface area contributed by atoms with Crippen molar-refractivity contribution in [3.63, 3.8) is 0 Å². The number of para-hydroxylation sites is 2. The van der Waals surface area contributed by atoms with Crippen LogP contribution < -0.4 is 14.4 Å². The van der Waals surface area contributed by atoms with E-state index in [1.807, 2.05) is 42.5 Å². The van der Waals surface area contributed by atoms with E-state index in [1.54, 1.807) is 41.3 Å². The molecule has 0 radical (unpaired) electrons. The Labute approximate surface area is 266 Å². The fraction of sp³-hybridized carbons (Fsp3) is 0.412. The van der Waals surface area contributed by atoms with Gasteiger partial charge in [-0.3, -0.25) is 13.9 Å². The van der Waals surface area contributed by atoms with Crippen LogP contribution in [0.2, 0.25) is 5.02 Å². The highest BCUT2D eigenvalue weighted by molar-refractivity contribution is 7.92. The molecule has 0 heterocycles. The molecule has 10 heteroatoms. The average molecular weight is 640 g/mol. The van der Waals surface area contributed by atoms with Crippen molar-refractivity contribution in [2.75, 3.05) is 24.2 Å². The van der Waals surface area contributed by atoms with Gasteiger partial charge in [-0.25, -0.2) is 8.42 Å². The van der Waals surface area contributed by atoms with Crippen LogP contribution in [0.25, 0.3) is 0 Å². The van der Waals surface area contributed by atoms with Crippen LogP contribution in [0.1, 0.15) is 56.1 Å². The van der Waals surface area contributed by atoms with Crippen molar-refractivity contribution in [2.45, 2.75) is 70.0 Å². The first-order valence-electron chi connectivity index (χ1n) is 15.1. The minimum absolute atomic E-state index is 0.0454. The third-order valence-electron chi connectivity index (χ3n) is 7.97. The first kappa shape index (κ1) is 33.3. The van der Waals surface area contributed by atoms with Gasteiger partial charge in [-0.15, -0.1) is 0 Å². The maximum absolute atomic E-state index is 14.1. The van der Waals surface area contributed by atoms with E-state index in [2.05, 4.69) is 5.32 Å². The van der Waals surface area contributed by atoms with Crippen molar-refractivity contribution in [3.8, 4) is 5.75 Å². The van der Waals surface area contributed by atoms with Crippen LogP contribution in [0.15, 0.2) is 78.9 Å². The third kappa shape index (κ3) is 9.47. The molecule has 0 spiro atoms. The van der Waals surface area contributed by atoms with Gasteiger partial charge in [-0.05, 0) is 54.7 Å². The zero-order chi connectivity index (χ0) is 31.5. The molecule has 4 rings (SSSR count). The van der Waals surface area contributed by atoms with E-state index in [4.69, 9.17) is 16.3 Å². The number of benzene rings is 3. The molecule has 1 atom stereocenters. The van der Waals surface area contributed by atoms with Gasteiger partial charge >= 0.3 is 0 Å². The van der Waals surface area contributed by atoms with Crippen molar-refractivity contribution >= 4 is 39.1 Å². The van der Waals surface area contributed by atoms with Crippen LogP contribution in [0.4, 0.5) is 5.69 Å². The zero-order valence-corrected chi connectivity index (χ0v) is 27.0. The quantitative estimate of drug-likeness (QED) is 0.234. The molecular formula is C34H42ClN3O5S. The van der Waals surface area contributed by atoms with E-state index in [1.165, 1.54) is 17.8 Å². The molecule has 0 aromatic heterocycles. The topological polar surface area (TPSA) is 96.0 Å².